The fraction of sp³-hybridized carbons (Fsp3) is 0.346. The van der Waals surface area contributed by atoms with E-state index in [0.29, 0.717) is 31.1 Å². The Hall–Kier alpha value is -3.19. The van der Waals surface area contributed by atoms with E-state index in [9.17, 15) is 9.18 Å². The molecule has 1 N–H and O–H groups in total. The third-order valence-electron chi connectivity index (χ3n) is 5.98. The Labute approximate surface area is 204 Å². The summed E-state index contributed by atoms with van der Waals surface area (Å²) in [6, 6.07) is 13.9. The summed E-state index contributed by atoms with van der Waals surface area (Å²) in [7, 11) is 0. The maximum absolute atomic E-state index is 13.4. The van der Waals surface area contributed by atoms with Crippen LogP contribution >= 0.6 is 11.6 Å². The number of anilines is 2. The number of aromatic nitrogens is 2. The molecule has 1 aliphatic rings. The van der Waals surface area contributed by atoms with Crippen LogP contribution in [0.2, 0.25) is 5.02 Å². The number of urea groups is 1. The molecule has 0 saturated carbocycles. The largest absolute Gasteiger partial charge is 0.354 e. The van der Waals surface area contributed by atoms with Crippen LogP contribution in [0.25, 0.3) is 11.4 Å². The van der Waals surface area contributed by atoms with E-state index in [1.807, 2.05) is 37.3 Å². The Bertz CT molecular complexity index is 1170. The van der Waals surface area contributed by atoms with Gasteiger partial charge in [-0.1, -0.05) is 55.8 Å². The van der Waals surface area contributed by atoms with Gasteiger partial charge in [0, 0.05) is 48.7 Å². The Kier molecular flexibility index (Phi) is 7.32. The normalized spacial score (nSPS) is 14.3. The predicted molar refractivity (Wildman–Crippen MR) is 135 cm³/mol. The highest BCUT2D eigenvalue weighted by molar-refractivity contribution is 6.31. The van der Waals surface area contributed by atoms with Crippen molar-refractivity contribution in [2.24, 2.45) is 0 Å². The second-order valence-corrected chi connectivity index (χ2v) is 9.18. The quantitative estimate of drug-likeness (QED) is 0.488. The van der Waals surface area contributed by atoms with Crippen molar-refractivity contribution in [1.29, 1.82) is 0 Å². The summed E-state index contributed by atoms with van der Waals surface area (Å²) in [6.45, 7) is 8.95. The molecule has 1 aromatic heterocycles. The number of hydrogen-bond donors (Lipinski definition) is 1. The first-order chi connectivity index (χ1) is 16.3. The number of carbonyl (C=O) groups excluding carboxylic acids is 1. The third kappa shape index (κ3) is 5.30. The van der Waals surface area contributed by atoms with E-state index >= 15 is 0 Å². The van der Waals surface area contributed by atoms with Gasteiger partial charge in [0.25, 0.3) is 0 Å². The Morgan fingerprint density at radius 1 is 1.06 bits per heavy atom. The number of rotatable bonds is 4. The average Bonchev–Trinajstić information content (AvgIpc) is 3.08. The first-order valence-electron chi connectivity index (χ1n) is 11.5. The molecular weight excluding hydrogens is 453 g/mol. The fourth-order valence-corrected chi connectivity index (χ4v) is 4.49. The molecule has 0 bridgehead atoms. The Morgan fingerprint density at radius 2 is 1.82 bits per heavy atom. The summed E-state index contributed by atoms with van der Waals surface area (Å²) in [5, 5.41) is 2.80. The molecular formula is C26H29ClFN5O. The van der Waals surface area contributed by atoms with Crippen LogP contribution in [0, 0.1) is 12.7 Å². The molecule has 8 heteroatoms. The van der Waals surface area contributed by atoms with E-state index in [4.69, 9.17) is 21.6 Å². The van der Waals surface area contributed by atoms with Gasteiger partial charge in [-0.2, -0.15) is 0 Å². The Balaban J connectivity index is 1.54. The zero-order valence-corrected chi connectivity index (χ0v) is 20.4. The number of aryl methyl sites for hydroxylation is 1. The highest BCUT2D eigenvalue weighted by Crippen LogP contribution is 2.31. The van der Waals surface area contributed by atoms with Crippen molar-refractivity contribution >= 4 is 29.1 Å². The van der Waals surface area contributed by atoms with E-state index in [-0.39, 0.29) is 17.0 Å². The van der Waals surface area contributed by atoms with Crippen molar-refractivity contribution in [2.45, 2.75) is 33.1 Å². The van der Waals surface area contributed by atoms with Gasteiger partial charge >= 0.3 is 6.03 Å². The van der Waals surface area contributed by atoms with Crippen molar-refractivity contribution in [1.82, 2.24) is 14.9 Å². The predicted octanol–water partition coefficient (Wildman–Crippen LogP) is 6.11. The van der Waals surface area contributed by atoms with E-state index in [2.05, 4.69) is 24.1 Å². The highest BCUT2D eigenvalue weighted by atomic mass is 35.5. The second-order valence-electron chi connectivity index (χ2n) is 8.78. The molecule has 2 heterocycles. The number of hydrogen-bond acceptors (Lipinski definition) is 4. The van der Waals surface area contributed by atoms with Gasteiger partial charge in [-0.25, -0.2) is 19.2 Å². The zero-order valence-electron chi connectivity index (χ0n) is 19.7. The molecule has 0 aliphatic carbocycles. The lowest BCUT2D eigenvalue weighted by molar-refractivity contribution is 0.215. The average molecular weight is 482 g/mol. The molecule has 1 saturated heterocycles. The van der Waals surface area contributed by atoms with Gasteiger partial charge in [-0.3, -0.25) is 0 Å². The molecule has 34 heavy (non-hydrogen) atoms. The third-order valence-corrected chi connectivity index (χ3v) is 6.27. The Morgan fingerprint density at radius 3 is 2.53 bits per heavy atom. The van der Waals surface area contributed by atoms with E-state index in [1.165, 1.54) is 18.2 Å². The molecule has 6 nitrogen and oxygen atoms in total. The number of amides is 2. The molecule has 0 radical (unpaired) electrons. The lowest BCUT2D eigenvalue weighted by Gasteiger charge is -2.27. The van der Waals surface area contributed by atoms with Crippen LogP contribution in [-0.2, 0) is 0 Å². The smallest absolute Gasteiger partial charge is 0.321 e. The zero-order chi connectivity index (χ0) is 24.2. The van der Waals surface area contributed by atoms with Crippen LogP contribution in [0.5, 0.6) is 0 Å². The SMILES string of the molecule is Cc1nc(-c2ccccc2)nc(N2CCCN(C(=O)Nc3ccc(F)c(Cl)c3)CC2)c1C(C)C. The highest BCUT2D eigenvalue weighted by Gasteiger charge is 2.25. The maximum atomic E-state index is 13.4. The number of carbonyl (C=O) groups is 1. The first kappa shape index (κ1) is 24.0. The van der Waals surface area contributed by atoms with Gasteiger partial charge < -0.3 is 15.1 Å². The lowest BCUT2D eigenvalue weighted by atomic mass is 10.0. The summed E-state index contributed by atoms with van der Waals surface area (Å²) >= 11 is 5.85. The van der Waals surface area contributed by atoms with Gasteiger partial charge in [-0.15, -0.1) is 0 Å². The van der Waals surface area contributed by atoms with Crippen molar-refractivity contribution in [3.63, 3.8) is 0 Å². The molecule has 178 valence electrons. The fourth-order valence-electron chi connectivity index (χ4n) is 4.31. The van der Waals surface area contributed by atoms with E-state index in [0.717, 1.165) is 35.6 Å². The van der Waals surface area contributed by atoms with Gasteiger partial charge in [0.05, 0.1) is 5.02 Å². The molecule has 1 aliphatic heterocycles. The van der Waals surface area contributed by atoms with Gasteiger partial charge in [0.15, 0.2) is 5.82 Å². The van der Waals surface area contributed by atoms with Crippen LogP contribution in [-0.4, -0.2) is 47.1 Å². The van der Waals surface area contributed by atoms with Crippen LogP contribution in [0.4, 0.5) is 20.7 Å². The molecule has 2 amide bonds. The van der Waals surface area contributed by atoms with Crippen LogP contribution < -0.4 is 10.2 Å². The minimum absolute atomic E-state index is 0.0191. The molecule has 3 aromatic rings. The first-order valence-corrected chi connectivity index (χ1v) is 11.9. The summed E-state index contributed by atoms with van der Waals surface area (Å²) in [5.74, 6) is 1.41. The van der Waals surface area contributed by atoms with Gasteiger partial charge in [-0.05, 0) is 37.5 Å². The van der Waals surface area contributed by atoms with E-state index in [1.54, 1.807) is 4.90 Å². The van der Waals surface area contributed by atoms with Gasteiger partial charge in [0.2, 0.25) is 0 Å². The van der Waals surface area contributed by atoms with Crippen molar-refractivity contribution in [3.8, 4) is 11.4 Å². The monoisotopic (exact) mass is 481 g/mol. The molecule has 0 atom stereocenters. The number of nitrogens with one attached hydrogen (secondary N) is 1. The van der Waals surface area contributed by atoms with Crippen LogP contribution in [0.1, 0.15) is 37.4 Å². The molecule has 4 rings (SSSR count). The summed E-state index contributed by atoms with van der Waals surface area (Å²) < 4.78 is 13.4. The maximum Gasteiger partial charge on any atom is 0.321 e. The number of halogens is 2. The summed E-state index contributed by atoms with van der Waals surface area (Å²) in [6.07, 6.45) is 0.804. The minimum atomic E-state index is -0.513. The van der Waals surface area contributed by atoms with Gasteiger partial charge in [0.1, 0.15) is 11.6 Å². The van der Waals surface area contributed by atoms with Crippen molar-refractivity contribution < 1.29 is 9.18 Å². The van der Waals surface area contributed by atoms with Crippen molar-refractivity contribution in [3.05, 3.63) is 70.6 Å². The molecule has 2 aromatic carbocycles. The van der Waals surface area contributed by atoms with Crippen molar-refractivity contribution in [2.75, 3.05) is 36.4 Å². The number of nitrogens with zero attached hydrogens (tertiary/aromatic N) is 4. The molecule has 1 fully saturated rings. The number of benzene rings is 2. The van der Waals surface area contributed by atoms with E-state index < -0.39 is 5.82 Å². The molecule has 0 spiro atoms. The summed E-state index contributed by atoms with van der Waals surface area (Å²) in [5.41, 5.74) is 3.57. The summed E-state index contributed by atoms with van der Waals surface area (Å²) in [4.78, 5) is 26.7. The second kappa shape index (κ2) is 10.4. The molecule has 0 unspecified atom stereocenters. The topological polar surface area (TPSA) is 61.4 Å². The standard InChI is InChI=1S/C26H29ClFN5O/c1-17(2)23-18(3)29-24(19-8-5-4-6-9-19)31-25(23)32-12-7-13-33(15-14-32)26(34)30-20-10-11-22(28)21(27)16-20/h4-6,8-11,16-17H,7,12-15H2,1-3H3,(H,30,34). The van der Waals surface area contributed by atoms with Crippen LogP contribution in [0.3, 0.4) is 0 Å². The minimum Gasteiger partial charge on any atom is -0.354 e. The van der Waals surface area contributed by atoms with Crippen LogP contribution in [0.15, 0.2) is 48.5 Å². The lowest BCUT2D eigenvalue weighted by Crippen LogP contribution is -2.38.